The molecule has 0 radical (unpaired) electrons. The average Bonchev–Trinajstić information content (AvgIpc) is 3.11. The highest BCUT2D eigenvalue weighted by Gasteiger charge is 2.39. The predicted octanol–water partition coefficient (Wildman–Crippen LogP) is 4.84. The molecule has 0 unspecified atom stereocenters. The van der Waals surface area contributed by atoms with Gasteiger partial charge >= 0.3 is 5.97 Å². The Hall–Kier alpha value is -1.81. The Balaban J connectivity index is 1.67. The zero-order valence-electron chi connectivity index (χ0n) is 16.8. The van der Waals surface area contributed by atoms with Crippen molar-refractivity contribution in [3.8, 4) is 0 Å². The van der Waals surface area contributed by atoms with Gasteiger partial charge in [-0.05, 0) is 44.6 Å². The number of ether oxygens (including phenoxy) is 2. The van der Waals surface area contributed by atoms with Gasteiger partial charge < -0.3 is 14.4 Å². The summed E-state index contributed by atoms with van der Waals surface area (Å²) in [6.07, 6.45) is 7.65. The lowest BCUT2D eigenvalue weighted by Gasteiger charge is -2.35. The van der Waals surface area contributed by atoms with Crippen LogP contribution in [-0.2, 0) is 20.9 Å². The lowest BCUT2D eigenvalue weighted by Crippen LogP contribution is -2.35. The molecule has 0 aliphatic carbocycles. The SMILES string of the molecule is CCCCCC1=C(C(=O)OCC)CC[C@H]2C[C@@H](OCc3ccccc3)CN12. The van der Waals surface area contributed by atoms with Gasteiger partial charge in [0.05, 0.1) is 24.9 Å². The minimum Gasteiger partial charge on any atom is -0.463 e. The molecule has 2 atom stereocenters. The smallest absolute Gasteiger partial charge is 0.335 e. The molecule has 0 saturated carbocycles. The highest BCUT2D eigenvalue weighted by atomic mass is 16.5. The molecule has 0 aromatic heterocycles. The Morgan fingerprint density at radius 2 is 2.00 bits per heavy atom. The molecule has 148 valence electrons. The van der Waals surface area contributed by atoms with Gasteiger partial charge in [-0.2, -0.15) is 0 Å². The van der Waals surface area contributed by atoms with E-state index in [2.05, 4.69) is 36.1 Å². The minimum absolute atomic E-state index is 0.115. The molecule has 27 heavy (non-hydrogen) atoms. The number of hydrogen-bond donors (Lipinski definition) is 0. The van der Waals surface area contributed by atoms with E-state index in [-0.39, 0.29) is 12.1 Å². The van der Waals surface area contributed by atoms with Crippen LogP contribution in [0.5, 0.6) is 0 Å². The maximum absolute atomic E-state index is 12.5. The molecule has 0 amide bonds. The number of carbonyl (C=O) groups excluding carboxylic acids is 1. The van der Waals surface area contributed by atoms with Crippen molar-refractivity contribution >= 4 is 5.97 Å². The van der Waals surface area contributed by atoms with E-state index in [1.54, 1.807) is 0 Å². The standard InChI is InChI=1S/C23H33NO3/c1-3-5-7-12-22-21(23(25)26-4-2)14-13-19-15-20(16-24(19)22)27-17-18-10-8-6-9-11-18/h6,8-11,19-20H,3-5,7,12-17H2,1-2H3/t19-,20+/m0/s1. The Labute approximate surface area is 163 Å². The lowest BCUT2D eigenvalue weighted by atomic mass is 9.94. The van der Waals surface area contributed by atoms with Crippen LogP contribution in [0.15, 0.2) is 41.6 Å². The normalized spacial score (nSPS) is 22.1. The van der Waals surface area contributed by atoms with Crippen LogP contribution in [0.25, 0.3) is 0 Å². The number of fused-ring (bicyclic) bond motifs is 1. The van der Waals surface area contributed by atoms with Gasteiger partial charge in [0.25, 0.3) is 0 Å². The van der Waals surface area contributed by atoms with Gasteiger partial charge in [0.1, 0.15) is 0 Å². The largest absolute Gasteiger partial charge is 0.463 e. The second-order valence-corrected chi connectivity index (χ2v) is 7.60. The molecule has 4 nitrogen and oxygen atoms in total. The van der Waals surface area contributed by atoms with E-state index in [9.17, 15) is 4.79 Å². The molecule has 0 bridgehead atoms. The predicted molar refractivity (Wildman–Crippen MR) is 107 cm³/mol. The second-order valence-electron chi connectivity index (χ2n) is 7.60. The van der Waals surface area contributed by atoms with Crippen molar-refractivity contribution in [2.45, 2.75) is 77.5 Å². The van der Waals surface area contributed by atoms with Crippen molar-refractivity contribution in [1.82, 2.24) is 4.90 Å². The van der Waals surface area contributed by atoms with Crippen LogP contribution >= 0.6 is 0 Å². The summed E-state index contributed by atoms with van der Waals surface area (Å²) in [6.45, 7) is 6.09. The molecule has 1 fully saturated rings. The molecule has 4 heteroatoms. The molecule has 1 aromatic rings. The highest BCUT2D eigenvalue weighted by molar-refractivity contribution is 5.89. The Kier molecular flexibility index (Phi) is 7.33. The molecule has 0 N–H and O–H groups in total. The van der Waals surface area contributed by atoms with Crippen molar-refractivity contribution in [2.24, 2.45) is 0 Å². The van der Waals surface area contributed by atoms with E-state index in [1.807, 2.05) is 13.0 Å². The number of carbonyl (C=O) groups is 1. The monoisotopic (exact) mass is 371 g/mol. The molecule has 3 rings (SSSR count). The average molecular weight is 372 g/mol. The van der Waals surface area contributed by atoms with Gasteiger partial charge in [-0.3, -0.25) is 0 Å². The van der Waals surface area contributed by atoms with E-state index in [1.165, 1.54) is 24.1 Å². The molecular weight excluding hydrogens is 338 g/mol. The molecule has 1 saturated heterocycles. The van der Waals surface area contributed by atoms with E-state index in [0.717, 1.165) is 44.2 Å². The van der Waals surface area contributed by atoms with Crippen LogP contribution < -0.4 is 0 Å². The Morgan fingerprint density at radius 1 is 1.19 bits per heavy atom. The van der Waals surface area contributed by atoms with E-state index < -0.39 is 0 Å². The maximum Gasteiger partial charge on any atom is 0.335 e. The Bertz CT molecular complexity index is 640. The number of unbranched alkanes of at least 4 members (excludes halogenated alkanes) is 2. The molecular formula is C23H33NO3. The van der Waals surface area contributed by atoms with Crippen molar-refractivity contribution in [3.63, 3.8) is 0 Å². The molecule has 2 aliphatic rings. The molecule has 2 aliphatic heterocycles. The summed E-state index contributed by atoms with van der Waals surface area (Å²) in [6, 6.07) is 10.9. The topological polar surface area (TPSA) is 38.8 Å². The summed E-state index contributed by atoms with van der Waals surface area (Å²) in [7, 11) is 0. The van der Waals surface area contributed by atoms with Gasteiger partial charge in [-0.25, -0.2) is 4.79 Å². The number of nitrogens with zero attached hydrogens (tertiary/aromatic N) is 1. The van der Waals surface area contributed by atoms with Gasteiger partial charge in [-0.1, -0.05) is 50.1 Å². The lowest BCUT2D eigenvalue weighted by molar-refractivity contribution is -0.139. The number of esters is 1. The number of rotatable bonds is 9. The zero-order chi connectivity index (χ0) is 19.1. The van der Waals surface area contributed by atoms with Crippen LogP contribution in [0.4, 0.5) is 0 Å². The molecule has 0 spiro atoms. The molecule has 2 heterocycles. The fourth-order valence-corrected chi connectivity index (χ4v) is 4.29. The summed E-state index contributed by atoms with van der Waals surface area (Å²) < 4.78 is 11.6. The van der Waals surface area contributed by atoms with Crippen molar-refractivity contribution in [2.75, 3.05) is 13.2 Å². The third-order valence-corrected chi connectivity index (χ3v) is 5.67. The van der Waals surface area contributed by atoms with Gasteiger partial charge in [-0.15, -0.1) is 0 Å². The van der Waals surface area contributed by atoms with Crippen LogP contribution in [0.2, 0.25) is 0 Å². The Morgan fingerprint density at radius 3 is 2.74 bits per heavy atom. The summed E-state index contributed by atoms with van der Waals surface area (Å²) in [4.78, 5) is 14.9. The van der Waals surface area contributed by atoms with Crippen LogP contribution in [0, 0.1) is 0 Å². The van der Waals surface area contributed by atoms with Crippen molar-refractivity contribution in [3.05, 3.63) is 47.2 Å². The summed E-state index contributed by atoms with van der Waals surface area (Å²) in [5.74, 6) is -0.115. The summed E-state index contributed by atoms with van der Waals surface area (Å²) >= 11 is 0. The summed E-state index contributed by atoms with van der Waals surface area (Å²) in [5, 5.41) is 0. The zero-order valence-corrected chi connectivity index (χ0v) is 16.8. The van der Waals surface area contributed by atoms with Gasteiger partial charge in [0, 0.05) is 18.3 Å². The first-order valence-electron chi connectivity index (χ1n) is 10.5. The van der Waals surface area contributed by atoms with Gasteiger partial charge in [0.15, 0.2) is 0 Å². The fourth-order valence-electron chi connectivity index (χ4n) is 4.29. The van der Waals surface area contributed by atoms with Gasteiger partial charge in [0.2, 0.25) is 0 Å². The molecule has 1 aromatic carbocycles. The minimum atomic E-state index is -0.115. The first-order chi connectivity index (χ1) is 13.2. The highest BCUT2D eigenvalue weighted by Crippen LogP contribution is 2.37. The van der Waals surface area contributed by atoms with Crippen LogP contribution in [-0.4, -0.2) is 36.2 Å². The number of allylic oxidation sites excluding steroid dienone is 1. The fraction of sp³-hybridized carbons (Fsp3) is 0.609. The summed E-state index contributed by atoms with van der Waals surface area (Å²) in [5.41, 5.74) is 3.35. The first kappa shape index (κ1) is 19.9. The van der Waals surface area contributed by atoms with Crippen LogP contribution in [0.3, 0.4) is 0 Å². The second kappa shape index (κ2) is 9.93. The van der Waals surface area contributed by atoms with Crippen LogP contribution in [0.1, 0.15) is 64.4 Å². The van der Waals surface area contributed by atoms with E-state index in [4.69, 9.17) is 9.47 Å². The van der Waals surface area contributed by atoms with Crippen molar-refractivity contribution < 1.29 is 14.3 Å². The third-order valence-electron chi connectivity index (χ3n) is 5.67. The van der Waals surface area contributed by atoms with E-state index in [0.29, 0.717) is 19.3 Å². The first-order valence-corrected chi connectivity index (χ1v) is 10.5. The third kappa shape index (κ3) is 5.13. The number of hydrogen-bond acceptors (Lipinski definition) is 4. The quantitative estimate of drug-likeness (QED) is 0.460. The van der Waals surface area contributed by atoms with E-state index >= 15 is 0 Å². The maximum atomic E-state index is 12.5. The number of benzene rings is 1. The van der Waals surface area contributed by atoms with Crippen molar-refractivity contribution in [1.29, 1.82) is 0 Å².